The second kappa shape index (κ2) is 7.66. The number of primary amides is 1. The highest BCUT2D eigenvalue weighted by Gasteiger charge is 2.46. The lowest BCUT2D eigenvalue weighted by molar-refractivity contribution is -0.134. The summed E-state index contributed by atoms with van der Waals surface area (Å²) >= 11 is 0. The van der Waals surface area contributed by atoms with Crippen LogP contribution in [0.3, 0.4) is 0 Å². The third-order valence-corrected chi connectivity index (χ3v) is 5.59. The fourth-order valence-electron chi connectivity index (χ4n) is 4.45. The summed E-state index contributed by atoms with van der Waals surface area (Å²) in [4.78, 5) is 27.6. The highest BCUT2D eigenvalue weighted by Crippen LogP contribution is 2.43. The largest absolute Gasteiger partial charge is 0.494 e. The zero-order valence-electron chi connectivity index (χ0n) is 16.3. The molecule has 0 spiro atoms. The van der Waals surface area contributed by atoms with Gasteiger partial charge in [-0.3, -0.25) is 4.79 Å². The standard InChI is InChI=1S/C20H29N3O4/c1-4-26-16-7-5-15(6-8-16)23-11-14-9-20(2,3)17(23)12-22(10-14)18(24)13-27-19(21)25/h5-8,14,17H,4,9-13H2,1-3H3,(H2,21,25)/t14-,17-/m1/s1. The molecule has 148 valence electrons. The molecule has 1 aromatic carbocycles. The second-order valence-corrected chi connectivity index (χ2v) is 8.06. The van der Waals surface area contributed by atoms with Crippen molar-refractivity contribution in [2.75, 3.05) is 37.7 Å². The predicted octanol–water partition coefficient (Wildman–Crippen LogP) is 2.24. The number of rotatable bonds is 5. The number of nitrogens with two attached hydrogens (primary N) is 1. The lowest BCUT2D eigenvalue weighted by Gasteiger charge is -2.48. The molecule has 7 nitrogen and oxygen atoms in total. The Labute approximate surface area is 160 Å². The maximum absolute atomic E-state index is 12.5. The van der Waals surface area contributed by atoms with Crippen molar-refractivity contribution >= 4 is 17.7 Å². The Morgan fingerprint density at radius 1 is 1.19 bits per heavy atom. The molecule has 3 fully saturated rings. The average Bonchev–Trinajstić information content (AvgIpc) is 2.87. The molecular formula is C20H29N3O4. The number of carbonyl (C=O) groups is 2. The molecule has 0 saturated carbocycles. The van der Waals surface area contributed by atoms with Gasteiger partial charge in [0, 0.05) is 25.3 Å². The number of ether oxygens (including phenoxy) is 2. The lowest BCUT2D eigenvalue weighted by atomic mass is 9.73. The summed E-state index contributed by atoms with van der Waals surface area (Å²) < 4.78 is 10.3. The Hall–Kier alpha value is -2.44. The van der Waals surface area contributed by atoms with Crippen molar-refractivity contribution in [3.63, 3.8) is 0 Å². The van der Waals surface area contributed by atoms with Crippen LogP contribution in [0.2, 0.25) is 0 Å². The fraction of sp³-hybridized carbons (Fsp3) is 0.600. The van der Waals surface area contributed by atoms with Crippen molar-refractivity contribution in [3.8, 4) is 5.75 Å². The summed E-state index contributed by atoms with van der Waals surface area (Å²) in [6.45, 7) is 9.04. The number of benzene rings is 1. The minimum absolute atomic E-state index is 0.0705. The van der Waals surface area contributed by atoms with E-state index in [9.17, 15) is 9.59 Å². The van der Waals surface area contributed by atoms with Crippen molar-refractivity contribution in [1.82, 2.24) is 4.90 Å². The first-order valence-electron chi connectivity index (χ1n) is 9.49. The van der Waals surface area contributed by atoms with Crippen LogP contribution < -0.4 is 15.4 Å². The number of carbonyl (C=O) groups excluding carboxylic acids is 2. The van der Waals surface area contributed by atoms with Gasteiger partial charge in [-0.05, 0) is 48.9 Å². The van der Waals surface area contributed by atoms with Gasteiger partial charge in [-0.2, -0.15) is 0 Å². The van der Waals surface area contributed by atoms with Gasteiger partial charge in [-0.25, -0.2) is 4.79 Å². The fourth-order valence-corrected chi connectivity index (χ4v) is 4.45. The Bertz CT molecular complexity index is 689. The van der Waals surface area contributed by atoms with Crippen LogP contribution in [-0.4, -0.2) is 55.8 Å². The van der Waals surface area contributed by atoms with Crippen LogP contribution >= 0.6 is 0 Å². The quantitative estimate of drug-likeness (QED) is 0.853. The molecule has 2 bridgehead atoms. The Balaban J connectivity index is 1.80. The minimum atomic E-state index is -0.919. The van der Waals surface area contributed by atoms with E-state index in [1.54, 1.807) is 0 Å². The minimum Gasteiger partial charge on any atom is -0.494 e. The predicted molar refractivity (Wildman–Crippen MR) is 103 cm³/mol. The molecular weight excluding hydrogens is 346 g/mol. The normalized spacial score (nSPS) is 23.7. The van der Waals surface area contributed by atoms with Gasteiger partial charge >= 0.3 is 6.09 Å². The van der Waals surface area contributed by atoms with Gasteiger partial charge in [0.1, 0.15) is 5.75 Å². The average molecular weight is 375 g/mol. The molecule has 2 amide bonds. The van der Waals surface area contributed by atoms with Gasteiger partial charge in [0.05, 0.1) is 12.6 Å². The first kappa shape index (κ1) is 19.3. The van der Waals surface area contributed by atoms with E-state index >= 15 is 0 Å². The number of piperidine rings is 1. The maximum atomic E-state index is 12.5. The Kier molecular flexibility index (Phi) is 5.48. The van der Waals surface area contributed by atoms with Gasteiger partial charge in [-0.15, -0.1) is 0 Å². The topological polar surface area (TPSA) is 85.1 Å². The summed E-state index contributed by atoms with van der Waals surface area (Å²) in [5.74, 6) is 1.04. The SMILES string of the molecule is CCOc1ccc(N2C[C@H]3CN(C(=O)COC(N)=O)C[C@@H]2C(C)(C)C3)cc1. The number of hydrogen-bond acceptors (Lipinski definition) is 5. The molecule has 0 radical (unpaired) electrons. The van der Waals surface area contributed by atoms with Crippen molar-refractivity contribution in [2.24, 2.45) is 17.1 Å². The highest BCUT2D eigenvalue weighted by atomic mass is 16.5. The van der Waals surface area contributed by atoms with Gasteiger partial charge in [0.2, 0.25) is 0 Å². The molecule has 0 aliphatic carbocycles. The van der Waals surface area contributed by atoms with Gasteiger partial charge in [0.15, 0.2) is 6.61 Å². The van der Waals surface area contributed by atoms with Crippen molar-refractivity contribution in [3.05, 3.63) is 24.3 Å². The van der Waals surface area contributed by atoms with E-state index in [0.29, 0.717) is 25.6 Å². The molecule has 2 N–H and O–H groups in total. The summed E-state index contributed by atoms with van der Waals surface area (Å²) in [6.07, 6.45) is 0.142. The Morgan fingerprint density at radius 3 is 2.52 bits per heavy atom. The van der Waals surface area contributed by atoms with E-state index in [0.717, 1.165) is 24.4 Å². The van der Waals surface area contributed by atoms with Crippen LogP contribution in [0.25, 0.3) is 0 Å². The number of nitrogens with zero attached hydrogens (tertiary/aromatic N) is 2. The molecule has 0 aromatic heterocycles. The summed E-state index contributed by atoms with van der Waals surface area (Å²) in [5.41, 5.74) is 6.21. The summed E-state index contributed by atoms with van der Waals surface area (Å²) in [7, 11) is 0. The van der Waals surface area contributed by atoms with E-state index < -0.39 is 6.09 Å². The van der Waals surface area contributed by atoms with Gasteiger partial charge in [-0.1, -0.05) is 13.8 Å². The zero-order chi connectivity index (χ0) is 19.6. The maximum Gasteiger partial charge on any atom is 0.405 e. The van der Waals surface area contributed by atoms with Crippen LogP contribution in [0.4, 0.5) is 10.5 Å². The first-order chi connectivity index (χ1) is 12.8. The van der Waals surface area contributed by atoms with E-state index in [2.05, 4.69) is 30.9 Å². The monoisotopic (exact) mass is 375 g/mol. The molecule has 1 aromatic rings. The molecule has 4 rings (SSSR count). The van der Waals surface area contributed by atoms with Gasteiger partial charge < -0.3 is 25.0 Å². The van der Waals surface area contributed by atoms with Crippen LogP contribution in [0.5, 0.6) is 5.75 Å². The molecule has 27 heavy (non-hydrogen) atoms. The van der Waals surface area contributed by atoms with E-state index in [1.807, 2.05) is 24.0 Å². The van der Waals surface area contributed by atoms with E-state index in [4.69, 9.17) is 15.2 Å². The highest BCUT2D eigenvalue weighted by molar-refractivity contribution is 5.80. The summed E-state index contributed by atoms with van der Waals surface area (Å²) in [5, 5.41) is 0. The third-order valence-electron chi connectivity index (χ3n) is 5.59. The van der Waals surface area contributed by atoms with Crippen LogP contribution in [0.1, 0.15) is 27.2 Å². The Morgan fingerprint density at radius 2 is 1.89 bits per heavy atom. The molecule has 0 unspecified atom stereocenters. The third kappa shape index (κ3) is 4.28. The van der Waals surface area contributed by atoms with Crippen LogP contribution in [0.15, 0.2) is 24.3 Å². The van der Waals surface area contributed by atoms with Gasteiger partial charge in [0.25, 0.3) is 5.91 Å². The number of fused-ring (bicyclic) bond motifs is 4. The molecule has 3 aliphatic heterocycles. The zero-order valence-corrected chi connectivity index (χ0v) is 16.3. The molecule has 3 aliphatic rings. The van der Waals surface area contributed by atoms with Crippen molar-refractivity contribution in [1.29, 1.82) is 0 Å². The number of hydrogen-bond donors (Lipinski definition) is 1. The smallest absolute Gasteiger partial charge is 0.405 e. The molecule has 7 heteroatoms. The lowest BCUT2D eigenvalue weighted by Crippen LogP contribution is -2.54. The second-order valence-electron chi connectivity index (χ2n) is 8.06. The number of amides is 2. The van der Waals surface area contributed by atoms with E-state index in [-0.39, 0.29) is 24.0 Å². The molecule has 3 saturated heterocycles. The van der Waals surface area contributed by atoms with E-state index in [1.165, 1.54) is 0 Å². The number of anilines is 1. The molecule has 3 heterocycles. The van der Waals surface area contributed by atoms with Crippen molar-refractivity contribution < 1.29 is 19.1 Å². The molecule has 2 atom stereocenters. The van der Waals surface area contributed by atoms with Crippen LogP contribution in [0, 0.1) is 11.3 Å². The van der Waals surface area contributed by atoms with Crippen molar-refractivity contribution in [2.45, 2.75) is 33.2 Å². The first-order valence-corrected chi connectivity index (χ1v) is 9.49. The summed E-state index contributed by atoms with van der Waals surface area (Å²) in [6, 6.07) is 8.35. The van der Waals surface area contributed by atoms with Crippen LogP contribution in [-0.2, 0) is 9.53 Å².